The van der Waals surface area contributed by atoms with Crippen molar-refractivity contribution in [2.24, 2.45) is 5.73 Å². The fourth-order valence-electron chi connectivity index (χ4n) is 2.10. The van der Waals surface area contributed by atoms with Gasteiger partial charge in [0.2, 0.25) is 0 Å². The Morgan fingerprint density at radius 2 is 2.07 bits per heavy atom. The standard InChI is InChI=1S/C13H17N/c1-9-4-3-5-12-8-11(10(2)14)6-7-13(9)12/h3-5,8,10H,6-7,14H2,1-2H3. The van der Waals surface area contributed by atoms with Gasteiger partial charge in [-0.25, -0.2) is 0 Å². The molecule has 0 aromatic heterocycles. The molecule has 0 spiro atoms. The first-order chi connectivity index (χ1) is 6.68. The molecule has 0 radical (unpaired) electrons. The number of nitrogens with two attached hydrogens (primary N) is 1. The van der Waals surface area contributed by atoms with Crippen LogP contribution < -0.4 is 5.73 Å². The van der Waals surface area contributed by atoms with Crippen molar-refractivity contribution in [3.8, 4) is 0 Å². The van der Waals surface area contributed by atoms with Crippen LogP contribution in [-0.2, 0) is 6.42 Å². The van der Waals surface area contributed by atoms with Gasteiger partial charge in [-0.2, -0.15) is 0 Å². The average Bonchev–Trinajstić information content (AvgIpc) is 2.17. The average molecular weight is 187 g/mol. The summed E-state index contributed by atoms with van der Waals surface area (Å²) in [5, 5.41) is 0. The molecule has 1 aromatic carbocycles. The zero-order chi connectivity index (χ0) is 10.1. The third-order valence-electron chi connectivity index (χ3n) is 3.04. The summed E-state index contributed by atoms with van der Waals surface area (Å²) in [5.74, 6) is 0. The topological polar surface area (TPSA) is 26.0 Å². The molecule has 2 rings (SSSR count). The third-order valence-corrected chi connectivity index (χ3v) is 3.04. The molecular weight excluding hydrogens is 170 g/mol. The Morgan fingerprint density at radius 1 is 1.29 bits per heavy atom. The minimum absolute atomic E-state index is 0.198. The van der Waals surface area contributed by atoms with Crippen molar-refractivity contribution in [3.63, 3.8) is 0 Å². The van der Waals surface area contributed by atoms with Gasteiger partial charge in [0, 0.05) is 6.04 Å². The largest absolute Gasteiger partial charge is 0.324 e. The molecule has 1 aliphatic rings. The predicted molar refractivity (Wildman–Crippen MR) is 61.1 cm³/mol. The van der Waals surface area contributed by atoms with Crippen molar-refractivity contribution in [3.05, 3.63) is 40.5 Å². The smallest absolute Gasteiger partial charge is 0.0228 e. The van der Waals surface area contributed by atoms with Crippen LogP contribution in [0.3, 0.4) is 0 Å². The van der Waals surface area contributed by atoms with Crippen LogP contribution in [0.25, 0.3) is 6.08 Å². The van der Waals surface area contributed by atoms with Gasteiger partial charge in [0.25, 0.3) is 0 Å². The van der Waals surface area contributed by atoms with Crippen LogP contribution in [-0.4, -0.2) is 6.04 Å². The molecule has 0 bridgehead atoms. The highest BCUT2D eigenvalue weighted by Crippen LogP contribution is 2.27. The summed E-state index contributed by atoms with van der Waals surface area (Å²) < 4.78 is 0. The van der Waals surface area contributed by atoms with Gasteiger partial charge in [-0.15, -0.1) is 0 Å². The van der Waals surface area contributed by atoms with Crippen LogP contribution in [0, 0.1) is 6.92 Å². The Kier molecular flexibility index (Phi) is 2.42. The quantitative estimate of drug-likeness (QED) is 0.718. The Bertz CT molecular complexity index is 375. The molecule has 0 fully saturated rings. The lowest BCUT2D eigenvalue weighted by molar-refractivity contribution is 0.775. The molecule has 14 heavy (non-hydrogen) atoms. The first-order valence-electron chi connectivity index (χ1n) is 5.23. The molecule has 0 aliphatic heterocycles. The van der Waals surface area contributed by atoms with Gasteiger partial charge in [0.05, 0.1) is 0 Å². The van der Waals surface area contributed by atoms with E-state index in [-0.39, 0.29) is 6.04 Å². The number of fused-ring (bicyclic) bond motifs is 1. The zero-order valence-corrected chi connectivity index (χ0v) is 8.88. The monoisotopic (exact) mass is 187 g/mol. The first-order valence-corrected chi connectivity index (χ1v) is 5.23. The third kappa shape index (κ3) is 1.60. The Labute approximate surface area is 85.6 Å². The minimum atomic E-state index is 0.198. The summed E-state index contributed by atoms with van der Waals surface area (Å²) in [4.78, 5) is 0. The molecule has 0 saturated heterocycles. The lowest BCUT2D eigenvalue weighted by Crippen LogP contribution is -2.20. The Hall–Kier alpha value is -1.08. The number of hydrogen-bond donors (Lipinski definition) is 1. The molecule has 0 heterocycles. The molecule has 1 unspecified atom stereocenters. The number of rotatable bonds is 1. The van der Waals surface area contributed by atoms with E-state index in [1.807, 2.05) is 0 Å². The van der Waals surface area contributed by atoms with Crippen molar-refractivity contribution in [2.45, 2.75) is 32.7 Å². The van der Waals surface area contributed by atoms with Crippen LogP contribution in [0.1, 0.15) is 30.0 Å². The molecule has 1 aromatic rings. The van der Waals surface area contributed by atoms with E-state index < -0.39 is 0 Å². The van der Waals surface area contributed by atoms with Crippen molar-refractivity contribution in [1.29, 1.82) is 0 Å². The molecule has 1 aliphatic carbocycles. The lowest BCUT2D eigenvalue weighted by Gasteiger charge is -2.20. The molecular formula is C13H17N. The van der Waals surface area contributed by atoms with Crippen LogP contribution in [0.5, 0.6) is 0 Å². The van der Waals surface area contributed by atoms with Crippen molar-refractivity contribution >= 4 is 6.08 Å². The number of benzene rings is 1. The van der Waals surface area contributed by atoms with Gasteiger partial charge in [-0.05, 0) is 43.4 Å². The van der Waals surface area contributed by atoms with E-state index in [1.54, 1.807) is 0 Å². The summed E-state index contributed by atoms with van der Waals surface area (Å²) >= 11 is 0. The van der Waals surface area contributed by atoms with Crippen LogP contribution in [0.15, 0.2) is 23.8 Å². The Balaban J connectivity index is 2.45. The van der Waals surface area contributed by atoms with Gasteiger partial charge >= 0.3 is 0 Å². The summed E-state index contributed by atoms with van der Waals surface area (Å²) in [6, 6.07) is 6.69. The van der Waals surface area contributed by atoms with Gasteiger partial charge in [-0.1, -0.05) is 29.8 Å². The van der Waals surface area contributed by atoms with Crippen LogP contribution in [0.2, 0.25) is 0 Å². The maximum atomic E-state index is 5.89. The molecule has 0 amide bonds. The van der Waals surface area contributed by atoms with Crippen molar-refractivity contribution in [2.75, 3.05) is 0 Å². The minimum Gasteiger partial charge on any atom is -0.324 e. The van der Waals surface area contributed by atoms with Gasteiger partial charge in [-0.3, -0.25) is 0 Å². The summed E-state index contributed by atoms with van der Waals surface area (Å²) in [6.45, 7) is 4.25. The molecule has 1 nitrogen and oxygen atoms in total. The Morgan fingerprint density at radius 3 is 2.79 bits per heavy atom. The van der Waals surface area contributed by atoms with Crippen LogP contribution in [0.4, 0.5) is 0 Å². The second kappa shape index (κ2) is 3.58. The SMILES string of the molecule is Cc1cccc2c1CCC(C(C)N)=C2. The summed E-state index contributed by atoms with van der Waals surface area (Å²) in [6.07, 6.45) is 4.53. The molecule has 74 valence electrons. The van der Waals surface area contributed by atoms with Gasteiger partial charge in [0.15, 0.2) is 0 Å². The number of aryl methyl sites for hydroxylation is 1. The second-order valence-corrected chi connectivity index (χ2v) is 4.15. The number of hydrogen-bond acceptors (Lipinski definition) is 1. The fourth-order valence-corrected chi connectivity index (χ4v) is 2.10. The molecule has 0 saturated carbocycles. The van der Waals surface area contributed by atoms with E-state index in [0.717, 1.165) is 12.8 Å². The lowest BCUT2D eigenvalue weighted by atomic mass is 9.87. The molecule has 2 N–H and O–H groups in total. The normalized spacial score (nSPS) is 17.2. The molecule has 1 heteroatoms. The molecule has 1 atom stereocenters. The van der Waals surface area contributed by atoms with Crippen LogP contribution >= 0.6 is 0 Å². The summed E-state index contributed by atoms with van der Waals surface area (Å²) in [5.41, 5.74) is 11.5. The predicted octanol–water partition coefficient (Wildman–Crippen LogP) is 2.67. The van der Waals surface area contributed by atoms with Gasteiger partial charge in [0.1, 0.15) is 0 Å². The van der Waals surface area contributed by atoms with E-state index in [4.69, 9.17) is 5.73 Å². The van der Waals surface area contributed by atoms with E-state index in [9.17, 15) is 0 Å². The van der Waals surface area contributed by atoms with E-state index in [1.165, 1.54) is 22.3 Å². The van der Waals surface area contributed by atoms with E-state index >= 15 is 0 Å². The van der Waals surface area contributed by atoms with Crippen molar-refractivity contribution < 1.29 is 0 Å². The second-order valence-electron chi connectivity index (χ2n) is 4.15. The summed E-state index contributed by atoms with van der Waals surface area (Å²) in [7, 11) is 0. The van der Waals surface area contributed by atoms with E-state index in [2.05, 4.69) is 38.1 Å². The maximum Gasteiger partial charge on any atom is 0.0228 e. The zero-order valence-electron chi connectivity index (χ0n) is 8.88. The highest BCUT2D eigenvalue weighted by Gasteiger charge is 2.13. The highest BCUT2D eigenvalue weighted by atomic mass is 14.6. The van der Waals surface area contributed by atoms with E-state index in [0.29, 0.717) is 0 Å². The van der Waals surface area contributed by atoms with Gasteiger partial charge < -0.3 is 5.73 Å². The highest BCUT2D eigenvalue weighted by molar-refractivity contribution is 5.62. The van der Waals surface area contributed by atoms with Crippen molar-refractivity contribution in [1.82, 2.24) is 0 Å². The maximum absolute atomic E-state index is 5.89. The first kappa shape index (κ1) is 9.47. The fraction of sp³-hybridized carbons (Fsp3) is 0.385.